The van der Waals surface area contributed by atoms with E-state index in [1.807, 2.05) is 64.3 Å². The van der Waals surface area contributed by atoms with Crippen molar-refractivity contribution in [3.8, 4) is 0 Å². The maximum Gasteiger partial charge on any atom is 0.253 e. The molecular weight excluding hydrogens is 324 g/mol. The Bertz CT molecular complexity index is 861. The van der Waals surface area contributed by atoms with Crippen LogP contribution < -0.4 is 5.32 Å². The fourth-order valence-corrected chi connectivity index (χ4v) is 3.41. The van der Waals surface area contributed by atoms with Crippen LogP contribution in [0.5, 0.6) is 0 Å². The van der Waals surface area contributed by atoms with Gasteiger partial charge in [0.1, 0.15) is 0 Å². The number of nitrogens with zero attached hydrogens (tertiary/aromatic N) is 3. The molecule has 2 aromatic carbocycles. The third kappa shape index (κ3) is 3.68. The second-order valence-electron chi connectivity index (χ2n) is 6.57. The van der Waals surface area contributed by atoms with E-state index in [0.717, 1.165) is 24.2 Å². The molecule has 2 heterocycles. The third-order valence-corrected chi connectivity index (χ3v) is 4.74. The van der Waals surface area contributed by atoms with Crippen LogP contribution in [0.15, 0.2) is 73.1 Å². The van der Waals surface area contributed by atoms with Gasteiger partial charge in [-0.25, -0.2) is 0 Å². The zero-order valence-corrected chi connectivity index (χ0v) is 14.6. The Labute approximate surface area is 153 Å². The van der Waals surface area contributed by atoms with Gasteiger partial charge in [-0.05, 0) is 29.3 Å². The summed E-state index contributed by atoms with van der Waals surface area (Å²) in [6.45, 7) is 2.89. The lowest BCUT2D eigenvalue weighted by molar-refractivity contribution is 0.0703. The maximum atomic E-state index is 13.0. The molecule has 0 aliphatic carbocycles. The number of amides is 1. The predicted octanol–water partition coefficient (Wildman–Crippen LogP) is 2.72. The molecule has 0 radical (unpaired) electrons. The molecule has 1 aliphatic heterocycles. The SMILES string of the molecule is O=C(c1cccc(Cn2cccn2)c1)N1CCNC(c2ccccc2)C1. The highest BCUT2D eigenvalue weighted by atomic mass is 16.2. The number of nitrogens with one attached hydrogen (secondary N) is 1. The number of carbonyl (C=O) groups is 1. The molecule has 1 aromatic heterocycles. The van der Waals surface area contributed by atoms with E-state index in [2.05, 4.69) is 22.5 Å². The van der Waals surface area contributed by atoms with Crippen molar-refractivity contribution in [2.24, 2.45) is 0 Å². The molecule has 1 saturated heterocycles. The molecule has 5 heteroatoms. The summed E-state index contributed by atoms with van der Waals surface area (Å²) in [6.07, 6.45) is 3.69. The molecule has 3 aromatic rings. The number of hydrogen-bond donors (Lipinski definition) is 1. The van der Waals surface area contributed by atoms with Crippen molar-refractivity contribution in [3.05, 3.63) is 89.7 Å². The molecule has 1 atom stereocenters. The van der Waals surface area contributed by atoms with Gasteiger partial charge in [-0.15, -0.1) is 0 Å². The van der Waals surface area contributed by atoms with Gasteiger partial charge in [0.25, 0.3) is 5.91 Å². The topological polar surface area (TPSA) is 50.2 Å². The average molecular weight is 346 g/mol. The molecule has 26 heavy (non-hydrogen) atoms. The lowest BCUT2D eigenvalue weighted by Crippen LogP contribution is -2.48. The van der Waals surface area contributed by atoms with Gasteiger partial charge in [0.05, 0.1) is 6.54 Å². The van der Waals surface area contributed by atoms with E-state index in [4.69, 9.17) is 0 Å². The molecule has 132 valence electrons. The van der Waals surface area contributed by atoms with Crippen molar-refractivity contribution in [2.75, 3.05) is 19.6 Å². The molecule has 1 aliphatic rings. The van der Waals surface area contributed by atoms with Crippen molar-refractivity contribution in [1.82, 2.24) is 20.0 Å². The maximum absolute atomic E-state index is 13.0. The summed E-state index contributed by atoms with van der Waals surface area (Å²) in [5.74, 6) is 0.0924. The van der Waals surface area contributed by atoms with Crippen LogP contribution in [-0.4, -0.2) is 40.2 Å². The third-order valence-electron chi connectivity index (χ3n) is 4.74. The van der Waals surface area contributed by atoms with Crippen molar-refractivity contribution in [1.29, 1.82) is 0 Å². The Morgan fingerprint density at radius 2 is 2.00 bits per heavy atom. The fraction of sp³-hybridized carbons (Fsp3) is 0.238. The molecule has 1 amide bonds. The molecule has 0 spiro atoms. The first-order chi connectivity index (χ1) is 12.8. The minimum absolute atomic E-state index is 0.0924. The summed E-state index contributed by atoms with van der Waals surface area (Å²) in [5, 5.41) is 7.74. The standard InChI is InChI=1S/C21H22N4O/c26-21(19-9-4-6-17(14-19)15-25-12-5-10-23-25)24-13-11-22-20(16-24)18-7-2-1-3-8-18/h1-10,12,14,20,22H,11,13,15-16H2. The van der Waals surface area contributed by atoms with Crippen LogP contribution in [0.2, 0.25) is 0 Å². The van der Waals surface area contributed by atoms with Gasteiger partial charge in [0, 0.05) is 43.6 Å². The minimum Gasteiger partial charge on any atom is -0.335 e. The second-order valence-corrected chi connectivity index (χ2v) is 6.57. The number of hydrogen-bond acceptors (Lipinski definition) is 3. The van der Waals surface area contributed by atoms with E-state index in [1.165, 1.54) is 5.56 Å². The lowest BCUT2D eigenvalue weighted by atomic mass is 10.0. The number of piperazine rings is 1. The summed E-state index contributed by atoms with van der Waals surface area (Å²) in [4.78, 5) is 15.0. The summed E-state index contributed by atoms with van der Waals surface area (Å²) >= 11 is 0. The predicted molar refractivity (Wildman–Crippen MR) is 101 cm³/mol. The Kier molecular flexibility index (Phi) is 4.80. The van der Waals surface area contributed by atoms with Crippen molar-refractivity contribution < 1.29 is 4.79 Å². The molecular formula is C21H22N4O. The highest BCUT2D eigenvalue weighted by Crippen LogP contribution is 2.19. The van der Waals surface area contributed by atoms with Crippen LogP contribution in [-0.2, 0) is 6.54 Å². The summed E-state index contributed by atoms with van der Waals surface area (Å²) < 4.78 is 1.86. The van der Waals surface area contributed by atoms with Gasteiger partial charge in [-0.1, -0.05) is 42.5 Å². The van der Waals surface area contributed by atoms with E-state index in [1.54, 1.807) is 6.20 Å². The Balaban J connectivity index is 1.48. The van der Waals surface area contributed by atoms with E-state index in [0.29, 0.717) is 13.1 Å². The molecule has 0 bridgehead atoms. The van der Waals surface area contributed by atoms with Crippen molar-refractivity contribution in [3.63, 3.8) is 0 Å². The molecule has 4 rings (SSSR count). The normalized spacial score (nSPS) is 17.2. The van der Waals surface area contributed by atoms with Crippen LogP contribution in [0.1, 0.15) is 27.5 Å². The molecule has 0 saturated carbocycles. The molecule has 1 N–H and O–H groups in total. The van der Waals surface area contributed by atoms with Crippen LogP contribution in [0.3, 0.4) is 0 Å². The van der Waals surface area contributed by atoms with Gasteiger partial charge >= 0.3 is 0 Å². The molecule has 1 unspecified atom stereocenters. The van der Waals surface area contributed by atoms with Gasteiger partial charge in [0.15, 0.2) is 0 Å². The average Bonchev–Trinajstić information content (AvgIpc) is 3.21. The molecule has 5 nitrogen and oxygen atoms in total. The first kappa shape index (κ1) is 16.5. The number of benzene rings is 2. The first-order valence-electron chi connectivity index (χ1n) is 8.93. The Morgan fingerprint density at radius 3 is 2.81 bits per heavy atom. The van der Waals surface area contributed by atoms with Gasteiger partial charge < -0.3 is 10.2 Å². The zero-order chi connectivity index (χ0) is 17.8. The number of carbonyl (C=O) groups excluding carboxylic acids is 1. The zero-order valence-electron chi connectivity index (χ0n) is 14.6. The van der Waals surface area contributed by atoms with Gasteiger partial charge in [-0.2, -0.15) is 5.10 Å². The van der Waals surface area contributed by atoms with Crippen LogP contribution in [0, 0.1) is 0 Å². The van der Waals surface area contributed by atoms with Crippen LogP contribution in [0.4, 0.5) is 0 Å². The number of aromatic nitrogens is 2. The largest absolute Gasteiger partial charge is 0.335 e. The van der Waals surface area contributed by atoms with Gasteiger partial charge in [0.2, 0.25) is 0 Å². The minimum atomic E-state index is 0.0924. The second kappa shape index (κ2) is 7.54. The molecule has 1 fully saturated rings. The van der Waals surface area contributed by atoms with Crippen LogP contribution in [0.25, 0.3) is 0 Å². The van der Waals surface area contributed by atoms with E-state index >= 15 is 0 Å². The van der Waals surface area contributed by atoms with Crippen molar-refractivity contribution in [2.45, 2.75) is 12.6 Å². The highest BCUT2D eigenvalue weighted by molar-refractivity contribution is 5.94. The lowest BCUT2D eigenvalue weighted by Gasteiger charge is -2.34. The Morgan fingerprint density at radius 1 is 1.12 bits per heavy atom. The highest BCUT2D eigenvalue weighted by Gasteiger charge is 2.25. The summed E-state index contributed by atoms with van der Waals surface area (Å²) in [6, 6.07) is 20.2. The quantitative estimate of drug-likeness (QED) is 0.790. The van der Waals surface area contributed by atoms with Crippen LogP contribution >= 0.6 is 0 Å². The summed E-state index contributed by atoms with van der Waals surface area (Å²) in [7, 11) is 0. The monoisotopic (exact) mass is 346 g/mol. The van der Waals surface area contributed by atoms with Crippen molar-refractivity contribution >= 4 is 5.91 Å². The van der Waals surface area contributed by atoms with Gasteiger partial charge in [-0.3, -0.25) is 9.48 Å². The van der Waals surface area contributed by atoms with E-state index < -0.39 is 0 Å². The first-order valence-corrected chi connectivity index (χ1v) is 8.93. The Hall–Kier alpha value is -2.92. The smallest absolute Gasteiger partial charge is 0.253 e. The van der Waals surface area contributed by atoms with E-state index in [9.17, 15) is 4.79 Å². The fourth-order valence-electron chi connectivity index (χ4n) is 3.41. The summed E-state index contributed by atoms with van der Waals surface area (Å²) in [5.41, 5.74) is 3.04. The number of rotatable bonds is 4. The van der Waals surface area contributed by atoms with E-state index in [-0.39, 0.29) is 11.9 Å².